The summed E-state index contributed by atoms with van der Waals surface area (Å²) in [6, 6.07) is 0. The summed E-state index contributed by atoms with van der Waals surface area (Å²) in [5.74, 6) is -3.57. The van der Waals surface area contributed by atoms with E-state index in [1.165, 1.54) is 44.9 Å². The minimum absolute atomic E-state index is 0.0395. The summed E-state index contributed by atoms with van der Waals surface area (Å²) >= 11 is 0. The predicted molar refractivity (Wildman–Crippen MR) is 102 cm³/mol. The quantitative estimate of drug-likeness (QED) is 0.166. The van der Waals surface area contributed by atoms with Crippen LogP contribution in [0.1, 0.15) is 84.0 Å². The van der Waals surface area contributed by atoms with Gasteiger partial charge in [-0.25, -0.2) is 0 Å². The maximum Gasteiger partial charge on any atom is 0.357 e. The van der Waals surface area contributed by atoms with Crippen LogP contribution in [0.3, 0.4) is 0 Å². The Morgan fingerprint density at radius 2 is 1.39 bits per heavy atom. The van der Waals surface area contributed by atoms with Gasteiger partial charge in [0.05, 0.1) is 6.61 Å². The Bertz CT molecular complexity index is 430. The van der Waals surface area contributed by atoms with Crippen LogP contribution in [0.15, 0.2) is 0 Å². The first-order valence-corrected chi connectivity index (χ1v) is 10.6. The Balaban J connectivity index is 2.17. The van der Waals surface area contributed by atoms with E-state index in [1.807, 2.05) is 0 Å². The minimum atomic E-state index is -2.79. The summed E-state index contributed by atoms with van der Waals surface area (Å²) in [4.78, 5) is 11.9. The van der Waals surface area contributed by atoms with Gasteiger partial charge in [0.2, 0.25) is 0 Å². The number of ether oxygens (including phenoxy) is 2. The van der Waals surface area contributed by atoms with Gasteiger partial charge in [-0.1, -0.05) is 71.1 Å². The van der Waals surface area contributed by atoms with E-state index in [-0.39, 0.29) is 6.42 Å². The van der Waals surface area contributed by atoms with E-state index in [2.05, 4.69) is 6.92 Å². The van der Waals surface area contributed by atoms with Crippen LogP contribution in [0, 0.1) is 0 Å². The standard InChI is InChI=1S/C20H38O8/c1-2-3-4-5-6-7-8-9-10-11-12-13-16(22)28-20(26)19(25)18(24)17(23)15(14-21)27-20/h15,17-19,21,23-26H,2-14H2,1H3/t15-,17-,18+,19+,20+/m1/s1. The molecular formula is C20H38O8. The number of carbonyl (C=O) groups is 1. The largest absolute Gasteiger partial charge is 0.406 e. The first-order chi connectivity index (χ1) is 13.4. The van der Waals surface area contributed by atoms with Crippen molar-refractivity contribution in [3.8, 4) is 0 Å². The van der Waals surface area contributed by atoms with Crippen molar-refractivity contribution in [3.05, 3.63) is 0 Å². The van der Waals surface area contributed by atoms with E-state index in [1.54, 1.807) is 0 Å². The number of rotatable bonds is 14. The maximum atomic E-state index is 11.9. The normalized spacial score (nSPS) is 30.4. The van der Waals surface area contributed by atoms with Crippen LogP contribution >= 0.6 is 0 Å². The van der Waals surface area contributed by atoms with Gasteiger partial charge in [-0.2, -0.15) is 0 Å². The molecule has 5 N–H and O–H groups in total. The van der Waals surface area contributed by atoms with Gasteiger partial charge in [0, 0.05) is 6.42 Å². The van der Waals surface area contributed by atoms with Gasteiger partial charge in [0.25, 0.3) is 0 Å². The predicted octanol–water partition coefficient (Wildman–Crippen LogP) is 1.35. The Labute approximate surface area is 167 Å². The van der Waals surface area contributed by atoms with Crippen LogP contribution in [-0.4, -0.2) is 68.5 Å². The summed E-state index contributed by atoms with van der Waals surface area (Å²) in [5.41, 5.74) is 0. The van der Waals surface area contributed by atoms with Crippen molar-refractivity contribution in [2.75, 3.05) is 6.61 Å². The Hall–Kier alpha value is -0.770. The van der Waals surface area contributed by atoms with Crippen LogP contribution in [0.2, 0.25) is 0 Å². The molecule has 1 fully saturated rings. The zero-order chi connectivity index (χ0) is 21.0. The highest BCUT2D eigenvalue weighted by atomic mass is 16.8. The highest BCUT2D eigenvalue weighted by molar-refractivity contribution is 5.69. The molecule has 0 radical (unpaired) electrons. The zero-order valence-electron chi connectivity index (χ0n) is 17.0. The molecule has 0 aromatic carbocycles. The fourth-order valence-corrected chi connectivity index (χ4v) is 3.36. The summed E-state index contributed by atoms with van der Waals surface area (Å²) in [5, 5.41) is 48.5. The molecule has 0 aliphatic carbocycles. The molecule has 1 aliphatic rings. The highest BCUT2D eigenvalue weighted by Crippen LogP contribution is 2.29. The molecule has 0 amide bonds. The molecule has 8 heteroatoms. The fraction of sp³-hybridized carbons (Fsp3) is 0.950. The van der Waals surface area contributed by atoms with E-state index in [0.29, 0.717) is 6.42 Å². The summed E-state index contributed by atoms with van der Waals surface area (Å²) in [6.45, 7) is 1.49. The van der Waals surface area contributed by atoms with Gasteiger partial charge >= 0.3 is 11.9 Å². The number of hydrogen-bond donors (Lipinski definition) is 5. The number of esters is 1. The van der Waals surface area contributed by atoms with Gasteiger partial charge in [-0.3, -0.25) is 4.79 Å². The first-order valence-electron chi connectivity index (χ1n) is 10.6. The van der Waals surface area contributed by atoms with E-state index < -0.39 is 43.0 Å². The van der Waals surface area contributed by atoms with Crippen molar-refractivity contribution in [1.29, 1.82) is 0 Å². The molecule has 1 saturated heterocycles. The van der Waals surface area contributed by atoms with Crippen molar-refractivity contribution in [1.82, 2.24) is 0 Å². The average Bonchev–Trinajstić information content (AvgIpc) is 2.67. The van der Waals surface area contributed by atoms with E-state index >= 15 is 0 Å². The van der Waals surface area contributed by atoms with Crippen LogP contribution < -0.4 is 0 Å². The third-order valence-electron chi connectivity index (χ3n) is 5.17. The van der Waals surface area contributed by atoms with Crippen molar-refractivity contribution in [2.24, 2.45) is 0 Å². The van der Waals surface area contributed by atoms with Gasteiger partial charge < -0.3 is 35.0 Å². The maximum absolute atomic E-state index is 11.9. The summed E-state index contributed by atoms with van der Waals surface area (Å²) in [6.07, 6.45) is 5.69. The number of unbranched alkanes of at least 4 members (excludes halogenated alkanes) is 10. The zero-order valence-corrected chi connectivity index (χ0v) is 17.0. The van der Waals surface area contributed by atoms with E-state index in [4.69, 9.17) is 14.6 Å². The molecule has 0 spiro atoms. The van der Waals surface area contributed by atoms with Crippen LogP contribution in [0.5, 0.6) is 0 Å². The monoisotopic (exact) mass is 406 g/mol. The molecule has 0 aromatic heterocycles. The van der Waals surface area contributed by atoms with Crippen molar-refractivity contribution in [2.45, 2.75) is 114 Å². The lowest BCUT2D eigenvalue weighted by Crippen LogP contribution is -2.66. The third-order valence-corrected chi connectivity index (χ3v) is 5.17. The van der Waals surface area contributed by atoms with Crippen molar-refractivity contribution < 1.29 is 39.8 Å². The second-order valence-electron chi connectivity index (χ2n) is 7.66. The minimum Gasteiger partial charge on any atom is -0.406 e. The van der Waals surface area contributed by atoms with Gasteiger partial charge in [0.1, 0.15) is 18.3 Å². The smallest absolute Gasteiger partial charge is 0.357 e. The topological polar surface area (TPSA) is 137 Å². The van der Waals surface area contributed by atoms with Crippen molar-refractivity contribution >= 4 is 5.97 Å². The Kier molecular flexibility index (Phi) is 12.1. The lowest BCUT2D eigenvalue weighted by molar-refractivity contribution is -0.434. The summed E-state index contributed by atoms with van der Waals surface area (Å²) < 4.78 is 9.69. The van der Waals surface area contributed by atoms with E-state index in [0.717, 1.165) is 19.3 Å². The molecule has 1 heterocycles. The lowest BCUT2D eigenvalue weighted by Gasteiger charge is -2.43. The Morgan fingerprint density at radius 1 is 0.893 bits per heavy atom. The SMILES string of the molecule is CCCCCCCCCCCCCC(=O)O[C@@]1(O)O[C@H](CO)[C@@H](O)[C@H](O)[C@@H]1O. The Morgan fingerprint density at radius 3 is 1.89 bits per heavy atom. The molecule has 166 valence electrons. The van der Waals surface area contributed by atoms with Gasteiger partial charge in [0.15, 0.2) is 6.10 Å². The lowest BCUT2D eigenvalue weighted by atomic mass is 9.98. The van der Waals surface area contributed by atoms with Crippen LogP contribution in [-0.2, 0) is 14.3 Å². The molecule has 28 heavy (non-hydrogen) atoms. The molecule has 0 aromatic rings. The van der Waals surface area contributed by atoms with Crippen molar-refractivity contribution in [3.63, 3.8) is 0 Å². The average molecular weight is 407 g/mol. The molecule has 0 bridgehead atoms. The van der Waals surface area contributed by atoms with E-state index in [9.17, 15) is 25.2 Å². The number of aliphatic hydroxyl groups is 5. The highest BCUT2D eigenvalue weighted by Gasteiger charge is 2.55. The number of aliphatic hydroxyl groups excluding tert-OH is 4. The van der Waals surface area contributed by atoms with Crippen LogP contribution in [0.25, 0.3) is 0 Å². The molecular weight excluding hydrogens is 368 g/mol. The fourth-order valence-electron chi connectivity index (χ4n) is 3.36. The summed E-state index contributed by atoms with van der Waals surface area (Å²) in [7, 11) is 0. The number of carbonyl (C=O) groups excluding carboxylic acids is 1. The molecule has 1 rings (SSSR count). The second-order valence-corrected chi connectivity index (χ2v) is 7.66. The van der Waals surface area contributed by atoms with Crippen LogP contribution in [0.4, 0.5) is 0 Å². The third kappa shape index (κ3) is 8.31. The van der Waals surface area contributed by atoms with Gasteiger partial charge in [-0.15, -0.1) is 0 Å². The molecule has 5 atom stereocenters. The first kappa shape index (κ1) is 25.3. The molecule has 0 unspecified atom stereocenters. The molecule has 0 saturated carbocycles. The van der Waals surface area contributed by atoms with Gasteiger partial charge in [-0.05, 0) is 6.42 Å². The molecule has 1 aliphatic heterocycles. The molecule has 8 nitrogen and oxygen atoms in total. The number of hydrogen-bond acceptors (Lipinski definition) is 8. The second kappa shape index (κ2) is 13.5.